The summed E-state index contributed by atoms with van der Waals surface area (Å²) >= 11 is 0. The highest BCUT2D eigenvalue weighted by Gasteiger charge is 2.29. The lowest BCUT2D eigenvalue weighted by molar-refractivity contribution is 0.462. The fraction of sp³-hybridized carbons (Fsp3) is 0.143. The summed E-state index contributed by atoms with van der Waals surface area (Å²) < 4.78 is 35.5. The first-order valence-electron chi connectivity index (χ1n) is 6.30. The van der Waals surface area contributed by atoms with Crippen molar-refractivity contribution in [2.45, 2.75) is 0 Å². The molecule has 21 heavy (non-hydrogen) atoms. The smallest absolute Gasteiger partial charge is 0.321 e. The molecule has 0 saturated heterocycles. The first-order valence-corrected chi connectivity index (χ1v) is 10.4. The Morgan fingerprint density at radius 3 is 1.38 bits per heavy atom. The maximum Gasteiger partial charge on any atom is 0.321 e. The van der Waals surface area contributed by atoms with Crippen LogP contribution in [0.1, 0.15) is 0 Å². The van der Waals surface area contributed by atoms with E-state index in [4.69, 9.17) is 9.05 Å². The monoisotopic (exact) mass is 325 g/mol. The van der Waals surface area contributed by atoms with Gasteiger partial charge in [0.1, 0.15) is 11.5 Å². The molecule has 7 heteroatoms. The van der Waals surface area contributed by atoms with Crippen molar-refractivity contribution in [3.05, 3.63) is 60.7 Å². The molecule has 5 nitrogen and oxygen atoms in total. The Morgan fingerprint density at radius 2 is 1.05 bits per heavy atom. The van der Waals surface area contributed by atoms with Crippen molar-refractivity contribution in [2.24, 2.45) is 0 Å². The van der Waals surface area contributed by atoms with Crippen LogP contribution in [0.15, 0.2) is 60.7 Å². The highest BCUT2D eigenvalue weighted by molar-refractivity contribution is 7.72. The van der Waals surface area contributed by atoms with Gasteiger partial charge < -0.3 is 9.05 Å². The third kappa shape index (κ3) is 5.39. The van der Waals surface area contributed by atoms with Crippen LogP contribution >= 0.6 is 15.0 Å². The Balaban J connectivity index is 2.04. The molecule has 0 radical (unpaired) electrons. The molecule has 2 rings (SSSR count). The summed E-state index contributed by atoms with van der Waals surface area (Å²) in [4.78, 5) is 2.50. The van der Waals surface area contributed by atoms with Gasteiger partial charge in [-0.05, 0) is 24.3 Å². The van der Waals surface area contributed by atoms with E-state index in [1.807, 2.05) is 12.1 Å². The summed E-state index contributed by atoms with van der Waals surface area (Å²) in [5, 5.41) is 0. The van der Waals surface area contributed by atoms with Crippen molar-refractivity contribution in [3.63, 3.8) is 0 Å². The average Bonchev–Trinajstić information content (AvgIpc) is 2.38. The minimum atomic E-state index is -3.31. The van der Waals surface area contributed by atoms with E-state index in [-0.39, 0.29) is 0 Å². The molecule has 2 atom stereocenters. The summed E-state index contributed by atoms with van der Waals surface area (Å²) in [6.07, 6.45) is 0. The largest absolute Gasteiger partial charge is 0.433 e. The number of hydrogen-bond acceptors (Lipinski definition) is 4. The molecule has 0 amide bonds. The maximum atomic E-state index is 12.4. The van der Waals surface area contributed by atoms with Crippen molar-refractivity contribution in [1.29, 1.82) is 0 Å². The second-order valence-corrected chi connectivity index (χ2v) is 9.15. The molecule has 0 fully saturated rings. The number of para-hydroxylation sites is 2. The van der Waals surface area contributed by atoms with Gasteiger partial charge in [0.25, 0.3) is 0 Å². The van der Waals surface area contributed by atoms with E-state index in [1.54, 1.807) is 48.5 Å². The molecular weight excluding hydrogens is 308 g/mol. The predicted octanol–water partition coefficient (Wildman–Crippen LogP) is 4.38. The van der Waals surface area contributed by atoms with E-state index in [1.165, 1.54) is 13.3 Å². The van der Waals surface area contributed by atoms with Crippen molar-refractivity contribution < 1.29 is 18.2 Å². The van der Waals surface area contributed by atoms with Crippen LogP contribution in [0.4, 0.5) is 0 Å². The van der Waals surface area contributed by atoms with E-state index in [0.717, 1.165) is 0 Å². The second-order valence-electron chi connectivity index (χ2n) is 4.60. The van der Waals surface area contributed by atoms with Crippen LogP contribution < -0.4 is 13.9 Å². The minimum absolute atomic E-state index is 0.440. The van der Waals surface area contributed by atoms with E-state index in [0.29, 0.717) is 11.5 Å². The first kappa shape index (κ1) is 15.8. The summed E-state index contributed by atoms with van der Waals surface area (Å²) in [6.45, 7) is 2.73. The Hall–Kier alpha value is -1.54. The summed E-state index contributed by atoms with van der Waals surface area (Å²) in [7, 11) is -6.62. The van der Waals surface area contributed by atoms with Crippen LogP contribution in [-0.4, -0.2) is 13.3 Å². The molecule has 0 spiro atoms. The lowest BCUT2D eigenvalue weighted by atomic mass is 10.3. The molecular formula is C14H17NO4P2. The van der Waals surface area contributed by atoms with Crippen molar-refractivity contribution in [1.82, 2.24) is 4.86 Å². The van der Waals surface area contributed by atoms with Crippen LogP contribution in [0.3, 0.4) is 0 Å². The fourth-order valence-electron chi connectivity index (χ4n) is 1.74. The highest BCUT2D eigenvalue weighted by Crippen LogP contribution is 2.52. The number of nitrogens with one attached hydrogen (secondary N) is 1. The Bertz CT molecular complexity index is 616. The van der Waals surface area contributed by atoms with Crippen molar-refractivity contribution in [2.75, 3.05) is 13.3 Å². The Kier molecular flexibility index (Phi) is 4.89. The van der Waals surface area contributed by atoms with Gasteiger partial charge >= 0.3 is 15.0 Å². The first-order chi connectivity index (χ1) is 9.86. The van der Waals surface area contributed by atoms with Gasteiger partial charge in [-0.3, -0.25) is 9.13 Å². The third-order valence-electron chi connectivity index (χ3n) is 2.41. The summed E-state index contributed by atoms with van der Waals surface area (Å²) in [6, 6.07) is 17.4. The lowest BCUT2D eigenvalue weighted by Crippen LogP contribution is -2.13. The van der Waals surface area contributed by atoms with Crippen LogP contribution in [0.2, 0.25) is 0 Å². The average molecular weight is 325 g/mol. The number of hydrogen-bond donors (Lipinski definition) is 1. The standard InChI is InChI=1S/C14H17NO4P2/c1-20(16,18-13-9-5-3-6-10-13)15-21(2,17)19-14-11-7-4-8-12-14/h3-12H,1-2H3,(H,15,16,17)/t20-,21-/m1/s1. The zero-order chi connectivity index (χ0) is 15.3. The molecule has 0 unspecified atom stereocenters. The van der Waals surface area contributed by atoms with E-state index in [9.17, 15) is 9.13 Å². The van der Waals surface area contributed by atoms with Gasteiger partial charge in [0, 0.05) is 13.3 Å². The fourth-order valence-corrected chi connectivity index (χ4v) is 5.75. The van der Waals surface area contributed by atoms with E-state index in [2.05, 4.69) is 4.86 Å². The van der Waals surface area contributed by atoms with Gasteiger partial charge in [0.15, 0.2) is 0 Å². The second kappa shape index (κ2) is 6.48. The van der Waals surface area contributed by atoms with Crippen LogP contribution in [0.25, 0.3) is 0 Å². The predicted molar refractivity (Wildman–Crippen MR) is 84.3 cm³/mol. The zero-order valence-electron chi connectivity index (χ0n) is 11.8. The van der Waals surface area contributed by atoms with Gasteiger partial charge in [0.2, 0.25) is 0 Å². The molecule has 112 valence electrons. The molecule has 0 aliphatic carbocycles. The number of benzene rings is 2. The quantitative estimate of drug-likeness (QED) is 0.799. The molecule has 0 aliphatic heterocycles. The molecule has 1 N–H and O–H groups in total. The molecule has 0 heterocycles. The molecule has 0 bridgehead atoms. The van der Waals surface area contributed by atoms with Crippen LogP contribution in [-0.2, 0) is 9.13 Å². The molecule has 2 aromatic rings. The van der Waals surface area contributed by atoms with E-state index < -0.39 is 15.0 Å². The van der Waals surface area contributed by atoms with Crippen LogP contribution in [0, 0.1) is 0 Å². The third-order valence-corrected chi connectivity index (χ3v) is 6.43. The van der Waals surface area contributed by atoms with Gasteiger partial charge in [-0.25, -0.2) is 0 Å². The molecule has 0 aromatic heterocycles. The van der Waals surface area contributed by atoms with Crippen molar-refractivity contribution in [3.8, 4) is 11.5 Å². The van der Waals surface area contributed by atoms with E-state index >= 15 is 0 Å². The minimum Gasteiger partial charge on any atom is -0.433 e. The normalized spacial score (nSPS) is 16.5. The lowest BCUT2D eigenvalue weighted by Gasteiger charge is -2.21. The van der Waals surface area contributed by atoms with Gasteiger partial charge in [-0.2, -0.15) is 4.86 Å². The van der Waals surface area contributed by atoms with Crippen LogP contribution in [0.5, 0.6) is 11.5 Å². The maximum absolute atomic E-state index is 12.4. The SMILES string of the molecule is C[P@](=O)(N[P@](C)(=O)Oc1ccccc1)Oc1ccccc1. The van der Waals surface area contributed by atoms with Gasteiger partial charge in [-0.1, -0.05) is 36.4 Å². The van der Waals surface area contributed by atoms with Gasteiger partial charge in [0.05, 0.1) is 0 Å². The Morgan fingerprint density at radius 1 is 0.714 bits per heavy atom. The molecule has 2 aromatic carbocycles. The zero-order valence-corrected chi connectivity index (χ0v) is 13.6. The molecule has 0 aliphatic rings. The Labute approximate surface area is 124 Å². The highest BCUT2D eigenvalue weighted by atomic mass is 31.2. The van der Waals surface area contributed by atoms with Gasteiger partial charge in [-0.15, -0.1) is 0 Å². The summed E-state index contributed by atoms with van der Waals surface area (Å²) in [5.41, 5.74) is 0. The molecule has 0 saturated carbocycles. The van der Waals surface area contributed by atoms with Crippen molar-refractivity contribution >= 4 is 15.0 Å². The topological polar surface area (TPSA) is 64.6 Å². The number of rotatable bonds is 6. The summed E-state index contributed by atoms with van der Waals surface area (Å²) in [5.74, 6) is 0.881.